The second kappa shape index (κ2) is 3.28. The predicted molar refractivity (Wildman–Crippen MR) is 55.5 cm³/mol. The summed E-state index contributed by atoms with van der Waals surface area (Å²) in [6, 6.07) is 5.95. The second-order valence-corrected chi connectivity index (χ2v) is 4.07. The largest absolute Gasteiger partial charge is 0.496 e. The van der Waals surface area contributed by atoms with E-state index in [4.69, 9.17) is 4.74 Å². The third kappa shape index (κ3) is 1.40. The molecule has 2 nitrogen and oxygen atoms in total. The van der Waals surface area contributed by atoms with Crippen LogP contribution in [0.2, 0.25) is 0 Å². The lowest BCUT2D eigenvalue weighted by atomic mass is 9.75. The Morgan fingerprint density at radius 1 is 1.36 bits per heavy atom. The van der Waals surface area contributed by atoms with Crippen LogP contribution in [0.5, 0.6) is 5.75 Å². The summed E-state index contributed by atoms with van der Waals surface area (Å²) in [5.74, 6) is 0.864. The summed E-state index contributed by atoms with van der Waals surface area (Å²) in [5, 5.41) is 10.1. The van der Waals surface area contributed by atoms with Crippen LogP contribution in [-0.2, 0) is 5.60 Å². The van der Waals surface area contributed by atoms with E-state index in [1.807, 2.05) is 25.1 Å². The number of benzene rings is 1. The Hall–Kier alpha value is -1.02. The Balaban J connectivity index is 2.35. The van der Waals surface area contributed by atoms with Crippen molar-refractivity contribution >= 4 is 0 Å². The topological polar surface area (TPSA) is 29.5 Å². The highest BCUT2D eigenvalue weighted by Crippen LogP contribution is 2.42. The van der Waals surface area contributed by atoms with Crippen LogP contribution in [0.4, 0.5) is 0 Å². The first kappa shape index (κ1) is 9.53. The molecule has 0 saturated heterocycles. The molecular formula is C12H16O2. The fourth-order valence-electron chi connectivity index (χ4n) is 1.91. The van der Waals surface area contributed by atoms with E-state index in [0.717, 1.165) is 36.1 Å². The summed E-state index contributed by atoms with van der Waals surface area (Å²) < 4.78 is 5.24. The van der Waals surface area contributed by atoms with Gasteiger partial charge in [-0.2, -0.15) is 0 Å². The van der Waals surface area contributed by atoms with E-state index < -0.39 is 5.60 Å². The molecule has 1 saturated carbocycles. The van der Waals surface area contributed by atoms with Crippen molar-refractivity contribution in [2.24, 2.45) is 0 Å². The van der Waals surface area contributed by atoms with Crippen molar-refractivity contribution in [3.05, 3.63) is 29.3 Å². The van der Waals surface area contributed by atoms with Crippen molar-refractivity contribution < 1.29 is 9.84 Å². The molecule has 76 valence electrons. The molecular weight excluding hydrogens is 176 g/mol. The minimum Gasteiger partial charge on any atom is -0.496 e. The Morgan fingerprint density at radius 3 is 2.57 bits per heavy atom. The maximum atomic E-state index is 10.1. The van der Waals surface area contributed by atoms with Gasteiger partial charge in [-0.1, -0.05) is 12.1 Å². The van der Waals surface area contributed by atoms with E-state index in [9.17, 15) is 5.11 Å². The van der Waals surface area contributed by atoms with Crippen molar-refractivity contribution in [3.63, 3.8) is 0 Å². The molecule has 1 aromatic carbocycles. The third-order valence-corrected chi connectivity index (χ3v) is 3.13. The van der Waals surface area contributed by atoms with E-state index in [1.54, 1.807) is 7.11 Å². The Morgan fingerprint density at radius 2 is 2.07 bits per heavy atom. The van der Waals surface area contributed by atoms with Gasteiger partial charge >= 0.3 is 0 Å². The van der Waals surface area contributed by atoms with Gasteiger partial charge in [-0.25, -0.2) is 0 Å². The van der Waals surface area contributed by atoms with Crippen molar-refractivity contribution in [3.8, 4) is 5.75 Å². The maximum absolute atomic E-state index is 10.1. The second-order valence-electron chi connectivity index (χ2n) is 4.07. The van der Waals surface area contributed by atoms with Crippen LogP contribution >= 0.6 is 0 Å². The standard InChI is InChI=1S/C12H16O2/c1-9-4-5-10(8-11(9)14-2)12(13)6-3-7-12/h4-5,8,13H,3,6-7H2,1-2H3. The summed E-state index contributed by atoms with van der Waals surface area (Å²) in [7, 11) is 1.66. The zero-order chi connectivity index (χ0) is 10.2. The van der Waals surface area contributed by atoms with Crippen LogP contribution in [0.25, 0.3) is 0 Å². The molecule has 1 fully saturated rings. The Kier molecular flexibility index (Phi) is 2.23. The van der Waals surface area contributed by atoms with Gasteiger partial charge in [0, 0.05) is 0 Å². The monoisotopic (exact) mass is 192 g/mol. The summed E-state index contributed by atoms with van der Waals surface area (Å²) >= 11 is 0. The predicted octanol–water partition coefficient (Wildman–Crippen LogP) is 2.38. The summed E-state index contributed by atoms with van der Waals surface area (Å²) in [6.45, 7) is 2.01. The normalized spacial score (nSPS) is 18.8. The molecule has 2 rings (SSSR count). The molecule has 1 aliphatic carbocycles. The van der Waals surface area contributed by atoms with Gasteiger partial charge in [0.05, 0.1) is 12.7 Å². The van der Waals surface area contributed by atoms with E-state index in [-0.39, 0.29) is 0 Å². The number of hydrogen-bond acceptors (Lipinski definition) is 2. The molecule has 0 aliphatic heterocycles. The van der Waals surface area contributed by atoms with Crippen LogP contribution in [0.15, 0.2) is 18.2 Å². The smallest absolute Gasteiger partial charge is 0.122 e. The van der Waals surface area contributed by atoms with Gasteiger partial charge in [-0.3, -0.25) is 0 Å². The molecule has 0 atom stereocenters. The number of methoxy groups -OCH3 is 1. The lowest BCUT2D eigenvalue weighted by molar-refractivity contribution is -0.0389. The van der Waals surface area contributed by atoms with Crippen LogP contribution in [0.1, 0.15) is 30.4 Å². The molecule has 0 spiro atoms. The molecule has 1 aromatic rings. The quantitative estimate of drug-likeness (QED) is 0.779. The van der Waals surface area contributed by atoms with Crippen LogP contribution in [0.3, 0.4) is 0 Å². The molecule has 0 amide bonds. The van der Waals surface area contributed by atoms with Gasteiger partial charge in [0.2, 0.25) is 0 Å². The molecule has 0 unspecified atom stereocenters. The molecule has 0 bridgehead atoms. The van der Waals surface area contributed by atoms with Gasteiger partial charge in [-0.05, 0) is 43.4 Å². The average molecular weight is 192 g/mol. The molecule has 0 heterocycles. The van der Waals surface area contributed by atoms with Gasteiger partial charge in [0.1, 0.15) is 5.75 Å². The van der Waals surface area contributed by atoms with Crippen LogP contribution in [-0.4, -0.2) is 12.2 Å². The van der Waals surface area contributed by atoms with E-state index in [2.05, 4.69) is 0 Å². The molecule has 2 heteroatoms. The fraction of sp³-hybridized carbons (Fsp3) is 0.500. The van der Waals surface area contributed by atoms with Gasteiger partial charge in [0.15, 0.2) is 0 Å². The first-order valence-electron chi connectivity index (χ1n) is 5.03. The number of ether oxygens (including phenoxy) is 1. The Bertz CT molecular complexity index is 340. The highest BCUT2D eigenvalue weighted by molar-refractivity contribution is 5.39. The zero-order valence-electron chi connectivity index (χ0n) is 8.71. The van der Waals surface area contributed by atoms with Crippen molar-refractivity contribution in [2.45, 2.75) is 31.8 Å². The minimum absolute atomic E-state index is 0.582. The van der Waals surface area contributed by atoms with E-state index in [0.29, 0.717) is 0 Å². The number of rotatable bonds is 2. The van der Waals surface area contributed by atoms with Gasteiger partial charge in [0.25, 0.3) is 0 Å². The summed E-state index contributed by atoms with van der Waals surface area (Å²) in [5.41, 5.74) is 1.52. The zero-order valence-corrected chi connectivity index (χ0v) is 8.71. The molecule has 0 aromatic heterocycles. The molecule has 14 heavy (non-hydrogen) atoms. The van der Waals surface area contributed by atoms with E-state index >= 15 is 0 Å². The van der Waals surface area contributed by atoms with Crippen molar-refractivity contribution in [1.82, 2.24) is 0 Å². The van der Waals surface area contributed by atoms with Gasteiger partial charge in [-0.15, -0.1) is 0 Å². The number of hydrogen-bond donors (Lipinski definition) is 1. The maximum Gasteiger partial charge on any atom is 0.122 e. The fourth-order valence-corrected chi connectivity index (χ4v) is 1.91. The molecule has 0 radical (unpaired) electrons. The highest BCUT2D eigenvalue weighted by atomic mass is 16.5. The van der Waals surface area contributed by atoms with Crippen molar-refractivity contribution in [1.29, 1.82) is 0 Å². The molecule has 1 aliphatic rings. The lowest BCUT2D eigenvalue weighted by Gasteiger charge is -2.37. The molecule has 1 N–H and O–H groups in total. The lowest BCUT2D eigenvalue weighted by Crippen LogP contribution is -2.33. The number of aryl methyl sites for hydroxylation is 1. The highest BCUT2D eigenvalue weighted by Gasteiger charge is 2.36. The van der Waals surface area contributed by atoms with Gasteiger partial charge < -0.3 is 9.84 Å². The van der Waals surface area contributed by atoms with E-state index in [1.165, 1.54) is 0 Å². The Labute approximate surface area is 84.5 Å². The summed E-state index contributed by atoms with van der Waals surface area (Å²) in [6.07, 6.45) is 2.87. The first-order valence-corrected chi connectivity index (χ1v) is 5.03. The van der Waals surface area contributed by atoms with Crippen molar-refractivity contribution in [2.75, 3.05) is 7.11 Å². The summed E-state index contributed by atoms with van der Waals surface area (Å²) in [4.78, 5) is 0. The first-order chi connectivity index (χ1) is 6.65. The van der Waals surface area contributed by atoms with Crippen LogP contribution in [0, 0.1) is 6.92 Å². The minimum atomic E-state index is -0.582. The SMILES string of the molecule is COc1cc(C2(O)CCC2)ccc1C. The van der Waals surface area contributed by atoms with Crippen LogP contribution < -0.4 is 4.74 Å². The number of aliphatic hydroxyl groups is 1. The average Bonchev–Trinajstić information content (AvgIpc) is 2.15. The third-order valence-electron chi connectivity index (χ3n) is 3.13.